The van der Waals surface area contributed by atoms with E-state index in [2.05, 4.69) is 16.1 Å². The third-order valence-corrected chi connectivity index (χ3v) is 5.49. The molecule has 0 bridgehead atoms. The molecule has 0 unspecified atom stereocenters. The minimum absolute atomic E-state index is 0.137. The number of fused-ring (bicyclic) bond motifs is 1. The number of likely N-dealkylation sites (tertiary alicyclic amines) is 1. The first-order chi connectivity index (χ1) is 14.3. The van der Waals surface area contributed by atoms with Gasteiger partial charge in [0.05, 0.1) is 17.8 Å². The number of piperidine rings is 1. The molecule has 30 heavy (non-hydrogen) atoms. The van der Waals surface area contributed by atoms with Crippen LogP contribution in [0.15, 0.2) is 35.5 Å². The van der Waals surface area contributed by atoms with Crippen LogP contribution in [0.4, 0.5) is 0 Å². The highest BCUT2D eigenvalue weighted by atomic mass is 16.2. The molecule has 2 N–H and O–H groups in total. The Hall–Kier alpha value is -3.49. The molecular formula is C21H24N6O3. The van der Waals surface area contributed by atoms with Crippen molar-refractivity contribution >= 4 is 22.8 Å². The van der Waals surface area contributed by atoms with Crippen LogP contribution in [0.5, 0.6) is 0 Å². The van der Waals surface area contributed by atoms with Crippen molar-refractivity contribution in [1.82, 2.24) is 24.2 Å². The summed E-state index contributed by atoms with van der Waals surface area (Å²) in [5, 5.41) is 4.69. The third kappa shape index (κ3) is 3.70. The molecular weight excluding hydrogens is 384 g/mol. The number of carbonyl (C=O) groups excluding carboxylic acids is 2. The van der Waals surface area contributed by atoms with E-state index in [9.17, 15) is 14.4 Å². The first-order valence-corrected chi connectivity index (χ1v) is 9.92. The Balaban J connectivity index is 1.61. The molecule has 3 aromatic rings. The molecule has 2 amide bonds. The molecule has 0 aliphatic carbocycles. The Morgan fingerprint density at radius 3 is 2.63 bits per heavy atom. The fraction of sp³-hybridized carbons (Fsp3) is 0.381. The molecule has 0 saturated carbocycles. The van der Waals surface area contributed by atoms with Crippen molar-refractivity contribution in [3.8, 4) is 5.69 Å². The van der Waals surface area contributed by atoms with Crippen molar-refractivity contribution in [1.29, 1.82) is 0 Å². The van der Waals surface area contributed by atoms with E-state index in [0.29, 0.717) is 37.0 Å². The second kappa shape index (κ2) is 7.74. The predicted molar refractivity (Wildman–Crippen MR) is 111 cm³/mol. The van der Waals surface area contributed by atoms with E-state index in [0.717, 1.165) is 16.8 Å². The summed E-state index contributed by atoms with van der Waals surface area (Å²) in [6, 6.07) is 6.01. The molecule has 1 fully saturated rings. The van der Waals surface area contributed by atoms with Crippen molar-refractivity contribution in [2.45, 2.75) is 33.2 Å². The van der Waals surface area contributed by atoms with Gasteiger partial charge in [-0.2, -0.15) is 5.10 Å². The third-order valence-electron chi connectivity index (χ3n) is 5.49. The van der Waals surface area contributed by atoms with Gasteiger partial charge in [-0.05, 0) is 49.9 Å². The van der Waals surface area contributed by atoms with Crippen LogP contribution in [0.3, 0.4) is 0 Å². The molecule has 4 rings (SSSR count). The Morgan fingerprint density at radius 1 is 1.20 bits per heavy atom. The standard InChI is InChI=1S/C21H24N6O3/c1-13-6-14(2)8-16(7-13)27-20-17(9-24-27)21(30)26(12-23-20)11-18(28)25-5-3-4-15(10-25)19(22)29/h6-9,12,15H,3-5,10-11H2,1-2H3,(H2,22,29)/t15-/m0/s1. The lowest BCUT2D eigenvalue weighted by atomic mass is 9.97. The maximum atomic E-state index is 12.9. The lowest BCUT2D eigenvalue weighted by Gasteiger charge is -2.31. The molecule has 1 aliphatic rings. The van der Waals surface area contributed by atoms with Gasteiger partial charge in [0.2, 0.25) is 11.8 Å². The second-order valence-electron chi connectivity index (χ2n) is 7.90. The Kier molecular flexibility index (Phi) is 5.11. The van der Waals surface area contributed by atoms with Gasteiger partial charge in [-0.25, -0.2) is 9.67 Å². The van der Waals surface area contributed by atoms with Gasteiger partial charge in [-0.15, -0.1) is 0 Å². The van der Waals surface area contributed by atoms with E-state index < -0.39 is 5.91 Å². The maximum absolute atomic E-state index is 12.9. The van der Waals surface area contributed by atoms with Crippen LogP contribution < -0.4 is 11.3 Å². The van der Waals surface area contributed by atoms with E-state index in [-0.39, 0.29) is 23.9 Å². The smallest absolute Gasteiger partial charge is 0.264 e. The highest BCUT2D eigenvalue weighted by Gasteiger charge is 2.27. The number of hydrogen-bond acceptors (Lipinski definition) is 5. The van der Waals surface area contributed by atoms with Gasteiger partial charge in [-0.3, -0.25) is 19.0 Å². The molecule has 9 nitrogen and oxygen atoms in total. The van der Waals surface area contributed by atoms with Crippen LogP contribution >= 0.6 is 0 Å². The van der Waals surface area contributed by atoms with Crippen LogP contribution in [-0.4, -0.2) is 49.1 Å². The van der Waals surface area contributed by atoms with Crippen LogP contribution in [0, 0.1) is 19.8 Å². The number of nitrogens with zero attached hydrogens (tertiary/aromatic N) is 5. The number of aryl methyl sites for hydroxylation is 2. The molecule has 1 aliphatic heterocycles. The van der Waals surface area contributed by atoms with Gasteiger partial charge in [0.15, 0.2) is 5.65 Å². The Bertz CT molecular complexity index is 1170. The summed E-state index contributed by atoms with van der Waals surface area (Å²) < 4.78 is 2.91. The van der Waals surface area contributed by atoms with E-state index in [1.165, 1.54) is 17.1 Å². The Labute approximate surface area is 173 Å². The molecule has 156 valence electrons. The monoisotopic (exact) mass is 408 g/mol. The van der Waals surface area contributed by atoms with Gasteiger partial charge >= 0.3 is 0 Å². The average molecular weight is 408 g/mol. The van der Waals surface area contributed by atoms with Crippen molar-refractivity contribution in [3.05, 3.63) is 52.2 Å². The van der Waals surface area contributed by atoms with Crippen LogP contribution in [0.2, 0.25) is 0 Å². The van der Waals surface area contributed by atoms with Gasteiger partial charge in [0, 0.05) is 13.1 Å². The number of hydrogen-bond donors (Lipinski definition) is 1. The number of amides is 2. The summed E-state index contributed by atoms with van der Waals surface area (Å²) in [6.45, 7) is 4.71. The van der Waals surface area contributed by atoms with E-state index in [1.807, 2.05) is 26.0 Å². The highest BCUT2D eigenvalue weighted by Crippen LogP contribution is 2.18. The summed E-state index contributed by atoms with van der Waals surface area (Å²) in [5.41, 5.74) is 8.51. The van der Waals surface area contributed by atoms with Crippen molar-refractivity contribution in [2.75, 3.05) is 13.1 Å². The molecule has 3 heterocycles. The van der Waals surface area contributed by atoms with Gasteiger partial charge in [-0.1, -0.05) is 6.07 Å². The maximum Gasteiger partial charge on any atom is 0.264 e. The number of rotatable bonds is 4. The first-order valence-electron chi connectivity index (χ1n) is 9.92. The molecule has 0 spiro atoms. The van der Waals surface area contributed by atoms with Gasteiger partial charge in [0.25, 0.3) is 5.56 Å². The average Bonchev–Trinajstić information content (AvgIpc) is 3.14. The fourth-order valence-corrected chi connectivity index (χ4v) is 4.00. The largest absolute Gasteiger partial charge is 0.369 e. The summed E-state index contributed by atoms with van der Waals surface area (Å²) >= 11 is 0. The van der Waals surface area contributed by atoms with Crippen molar-refractivity contribution in [2.24, 2.45) is 11.7 Å². The predicted octanol–water partition coefficient (Wildman–Crippen LogP) is 0.923. The number of aromatic nitrogens is 4. The SMILES string of the molecule is Cc1cc(C)cc(-n2ncc3c(=O)n(CC(=O)N4CCC[C@H](C(N)=O)C4)cnc32)c1. The zero-order valence-corrected chi connectivity index (χ0v) is 17.0. The molecule has 9 heteroatoms. The Morgan fingerprint density at radius 2 is 1.93 bits per heavy atom. The summed E-state index contributed by atoms with van der Waals surface area (Å²) in [5.74, 6) is -0.964. The summed E-state index contributed by atoms with van der Waals surface area (Å²) in [4.78, 5) is 43.1. The molecule has 1 saturated heterocycles. The first kappa shape index (κ1) is 19.8. The molecule has 1 aromatic carbocycles. The lowest BCUT2D eigenvalue weighted by Crippen LogP contribution is -2.45. The van der Waals surface area contributed by atoms with Crippen LogP contribution in [0.1, 0.15) is 24.0 Å². The topological polar surface area (TPSA) is 116 Å². The van der Waals surface area contributed by atoms with E-state index in [1.54, 1.807) is 9.58 Å². The van der Waals surface area contributed by atoms with Crippen LogP contribution in [-0.2, 0) is 16.1 Å². The minimum atomic E-state index is -0.397. The van der Waals surface area contributed by atoms with E-state index in [4.69, 9.17) is 5.73 Å². The zero-order valence-electron chi connectivity index (χ0n) is 17.0. The molecule has 0 radical (unpaired) electrons. The summed E-state index contributed by atoms with van der Waals surface area (Å²) in [6.07, 6.45) is 4.25. The molecule has 1 atom stereocenters. The minimum Gasteiger partial charge on any atom is -0.369 e. The summed E-state index contributed by atoms with van der Waals surface area (Å²) in [7, 11) is 0. The molecule has 2 aromatic heterocycles. The van der Waals surface area contributed by atoms with Crippen molar-refractivity contribution < 1.29 is 9.59 Å². The lowest BCUT2D eigenvalue weighted by molar-refractivity contribution is -0.135. The number of benzene rings is 1. The van der Waals surface area contributed by atoms with Gasteiger partial charge < -0.3 is 10.6 Å². The second-order valence-corrected chi connectivity index (χ2v) is 7.90. The number of primary amides is 1. The van der Waals surface area contributed by atoms with Crippen LogP contribution in [0.25, 0.3) is 16.7 Å². The number of carbonyl (C=O) groups is 2. The normalized spacial score (nSPS) is 16.7. The zero-order chi connectivity index (χ0) is 21.4. The van der Waals surface area contributed by atoms with Crippen molar-refractivity contribution in [3.63, 3.8) is 0 Å². The quantitative estimate of drug-likeness (QED) is 0.689. The highest BCUT2D eigenvalue weighted by molar-refractivity contribution is 5.80. The van der Waals surface area contributed by atoms with Gasteiger partial charge in [0.1, 0.15) is 18.3 Å². The van der Waals surface area contributed by atoms with E-state index >= 15 is 0 Å². The number of nitrogens with two attached hydrogens (primary N) is 1. The fourth-order valence-electron chi connectivity index (χ4n) is 4.00.